The molecule has 0 unspecified atom stereocenters. The number of hydrogen-bond donors (Lipinski definition) is 1. The molecule has 0 aliphatic heterocycles. The third-order valence-electron chi connectivity index (χ3n) is 3.71. The van der Waals surface area contributed by atoms with Gasteiger partial charge in [-0.3, -0.25) is 9.10 Å². The maximum Gasteiger partial charge on any atom is 0.232 e. The van der Waals surface area contributed by atoms with Crippen molar-refractivity contribution in [3.8, 4) is 6.07 Å². The Labute approximate surface area is 158 Å². The summed E-state index contributed by atoms with van der Waals surface area (Å²) in [7, 11) is -3.59. The van der Waals surface area contributed by atoms with Crippen molar-refractivity contribution in [1.82, 2.24) is 0 Å². The molecule has 2 aromatic rings. The fraction of sp³-hybridized carbons (Fsp3) is 0.222. The van der Waals surface area contributed by atoms with Crippen LogP contribution in [0.15, 0.2) is 42.5 Å². The highest BCUT2D eigenvalue weighted by atomic mass is 35.5. The Bertz CT molecular complexity index is 968. The normalized spacial score (nSPS) is 10.8. The highest BCUT2D eigenvalue weighted by Gasteiger charge is 2.19. The lowest BCUT2D eigenvalue weighted by atomic mass is 10.2. The van der Waals surface area contributed by atoms with Crippen LogP contribution < -0.4 is 9.62 Å². The number of sulfonamides is 1. The molecule has 0 bridgehead atoms. The third kappa shape index (κ3) is 4.97. The van der Waals surface area contributed by atoms with E-state index in [-0.39, 0.29) is 18.9 Å². The van der Waals surface area contributed by atoms with Crippen molar-refractivity contribution in [2.75, 3.05) is 22.4 Å². The fourth-order valence-corrected chi connectivity index (χ4v) is 3.42. The maximum absolute atomic E-state index is 12.2. The van der Waals surface area contributed by atoms with Gasteiger partial charge in [-0.2, -0.15) is 5.26 Å². The zero-order valence-corrected chi connectivity index (χ0v) is 15.9. The summed E-state index contributed by atoms with van der Waals surface area (Å²) in [6.45, 7) is 1.77. The highest BCUT2D eigenvalue weighted by Crippen LogP contribution is 2.25. The highest BCUT2D eigenvalue weighted by molar-refractivity contribution is 7.92. The minimum absolute atomic E-state index is 0.0429. The molecule has 0 atom stereocenters. The summed E-state index contributed by atoms with van der Waals surface area (Å²) in [6, 6.07) is 13.5. The van der Waals surface area contributed by atoms with Crippen LogP contribution in [0.4, 0.5) is 11.4 Å². The molecular formula is C18H18ClN3O3S. The van der Waals surface area contributed by atoms with E-state index >= 15 is 0 Å². The predicted octanol–water partition coefficient (Wildman–Crippen LogP) is 3.31. The van der Waals surface area contributed by atoms with Crippen molar-refractivity contribution in [2.24, 2.45) is 0 Å². The van der Waals surface area contributed by atoms with Crippen LogP contribution in [0.25, 0.3) is 0 Å². The number of aryl methyl sites for hydroxylation is 1. The number of benzene rings is 2. The summed E-state index contributed by atoms with van der Waals surface area (Å²) in [6.07, 6.45) is 1.00. The second kappa shape index (κ2) is 8.21. The average molecular weight is 392 g/mol. The van der Waals surface area contributed by atoms with Gasteiger partial charge in [-0.15, -0.1) is 0 Å². The minimum atomic E-state index is -3.59. The van der Waals surface area contributed by atoms with Crippen LogP contribution in [0.2, 0.25) is 5.02 Å². The Morgan fingerprint density at radius 3 is 2.58 bits per heavy atom. The molecule has 0 radical (unpaired) electrons. The Morgan fingerprint density at radius 1 is 1.27 bits per heavy atom. The number of anilines is 2. The molecule has 0 aromatic heterocycles. The van der Waals surface area contributed by atoms with E-state index in [2.05, 4.69) is 5.32 Å². The summed E-state index contributed by atoms with van der Waals surface area (Å²) >= 11 is 6.08. The number of para-hydroxylation sites is 1. The van der Waals surface area contributed by atoms with Gasteiger partial charge in [-0.25, -0.2) is 8.42 Å². The van der Waals surface area contributed by atoms with Gasteiger partial charge in [-0.05, 0) is 36.8 Å². The van der Waals surface area contributed by atoms with Gasteiger partial charge in [0.25, 0.3) is 0 Å². The van der Waals surface area contributed by atoms with Crippen LogP contribution >= 0.6 is 11.6 Å². The zero-order valence-electron chi connectivity index (χ0n) is 14.4. The molecular weight excluding hydrogens is 374 g/mol. The lowest BCUT2D eigenvalue weighted by molar-refractivity contribution is -0.116. The van der Waals surface area contributed by atoms with Crippen LogP contribution in [0.1, 0.15) is 17.5 Å². The number of carbonyl (C=O) groups is 1. The summed E-state index contributed by atoms with van der Waals surface area (Å²) in [4.78, 5) is 12.2. The van der Waals surface area contributed by atoms with Gasteiger partial charge in [0, 0.05) is 18.0 Å². The standard InChI is InChI=1S/C18H18ClN3O3S/c1-13-7-8-15(11-16(13)19)22(26(2,24)25)10-9-18(23)21-17-6-4-3-5-14(17)12-20/h3-8,11H,9-10H2,1-2H3,(H,21,23). The topological polar surface area (TPSA) is 90.3 Å². The quantitative estimate of drug-likeness (QED) is 0.817. The Morgan fingerprint density at radius 2 is 1.96 bits per heavy atom. The summed E-state index contributed by atoms with van der Waals surface area (Å²) in [5.41, 5.74) is 1.96. The molecule has 0 spiro atoms. The van der Waals surface area contributed by atoms with Gasteiger partial charge >= 0.3 is 0 Å². The first-order valence-corrected chi connectivity index (χ1v) is 9.98. The van der Waals surface area contributed by atoms with Crippen molar-refractivity contribution in [3.05, 3.63) is 58.6 Å². The van der Waals surface area contributed by atoms with Crippen molar-refractivity contribution < 1.29 is 13.2 Å². The zero-order chi connectivity index (χ0) is 19.3. The lowest BCUT2D eigenvalue weighted by Gasteiger charge is -2.22. The van der Waals surface area contributed by atoms with Crippen molar-refractivity contribution in [3.63, 3.8) is 0 Å². The molecule has 6 nitrogen and oxygen atoms in total. The molecule has 0 aliphatic rings. The van der Waals surface area contributed by atoms with E-state index in [4.69, 9.17) is 16.9 Å². The first kappa shape index (κ1) is 19.8. The van der Waals surface area contributed by atoms with Crippen LogP contribution in [0, 0.1) is 18.3 Å². The Kier molecular flexibility index (Phi) is 6.24. The number of nitriles is 1. The van der Waals surface area contributed by atoms with E-state index in [0.717, 1.165) is 16.1 Å². The van der Waals surface area contributed by atoms with Crippen molar-refractivity contribution in [1.29, 1.82) is 5.26 Å². The molecule has 0 heterocycles. The molecule has 2 rings (SSSR count). The monoisotopic (exact) mass is 391 g/mol. The largest absolute Gasteiger partial charge is 0.325 e. The van der Waals surface area contributed by atoms with Crippen molar-refractivity contribution in [2.45, 2.75) is 13.3 Å². The second-order valence-corrected chi connectivity index (χ2v) is 8.04. The van der Waals surface area contributed by atoms with Gasteiger partial charge in [0.1, 0.15) is 6.07 Å². The summed E-state index contributed by atoms with van der Waals surface area (Å²) in [5.74, 6) is -0.389. The van der Waals surface area contributed by atoms with E-state index < -0.39 is 10.0 Å². The van der Waals surface area contributed by atoms with Gasteiger partial charge in [0.2, 0.25) is 15.9 Å². The Hall–Kier alpha value is -2.56. The number of halogens is 1. The number of hydrogen-bond acceptors (Lipinski definition) is 4. The van der Waals surface area contributed by atoms with Gasteiger partial charge in [0.15, 0.2) is 0 Å². The molecule has 0 saturated carbocycles. The van der Waals surface area contributed by atoms with Gasteiger partial charge in [0.05, 0.1) is 23.2 Å². The van der Waals surface area contributed by atoms with Crippen LogP contribution in [-0.2, 0) is 14.8 Å². The molecule has 26 heavy (non-hydrogen) atoms. The van der Waals surface area contributed by atoms with E-state index in [1.807, 2.05) is 13.0 Å². The third-order valence-corrected chi connectivity index (χ3v) is 5.31. The summed E-state index contributed by atoms with van der Waals surface area (Å²) in [5, 5.41) is 12.1. The lowest BCUT2D eigenvalue weighted by Crippen LogP contribution is -2.33. The molecule has 1 N–H and O–H groups in total. The first-order chi connectivity index (χ1) is 12.2. The number of amides is 1. The molecule has 1 amide bonds. The summed E-state index contributed by atoms with van der Waals surface area (Å²) < 4.78 is 25.3. The minimum Gasteiger partial charge on any atom is -0.325 e. The van der Waals surface area contributed by atoms with Crippen LogP contribution in [0.5, 0.6) is 0 Å². The number of rotatable bonds is 6. The average Bonchev–Trinajstić information content (AvgIpc) is 2.57. The van der Waals surface area contributed by atoms with E-state index in [1.54, 1.807) is 42.5 Å². The molecule has 0 aliphatic carbocycles. The van der Waals surface area contributed by atoms with Crippen molar-refractivity contribution >= 4 is 38.9 Å². The van der Waals surface area contributed by atoms with Crippen LogP contribution in [-0.4, -0.2) is 27.1 Å². The van der Waals surface area contributed by atoms with E-state index in [0.29, 0.717) is 22.0 Å². The molecule has 2 aromatic carbocycles. The molecule has 8 heteroatoms. The molecule has 0 saturated heterocycles. The second-order valence-electron chi connectivity index (χ2n) is 5.72. The fourth-order valence-electron chi connectivity index (χ4n) is 2.33. The van der Waals surface area contributed by atoms with Gasteiger partial charge < -0.3 is 5.32 Å². The smallest absolute Gasteiger partial charge is 0.232 e. The predicted molar refractivity (Wildman–Crippen MR) is 103 cm³/mol. The SMILES string of the molecule is Cc1ccc(N(CCC(=O)Nc2ccccc2C#N)S(C)(=O)=O)cc1Cl. The first-order valence-electron chi connectivity index (χ1n) is 7.75. The molecule has 0 fully saturated rings. The maximum atomic E-state index is 12.2. The number of nitrogens with zero attached hydrogens (tertiary/aromatic N) is 2. The molecule has 136 valence electrons. The number of carbonyl (C=O) groups excluding carboxylic acids is 1. The Balaban J connectivity index is 2.14. The van der Waals surface area contributed by atoms with E-state index in [9.17, 15) is 13.2 Å². The van der Waals surface area contributed by atoms with Crippen LogP contribution in [0.3, 0.4) is 0 Å². The van der Waals surface area contributed by atoms with E-state index in [1.165, 1.54) is 0 Å². The van der Waals surface area contributed by atoms with Gasteiger partial charge in [-0.1, -0.05) is 29.8 Å². The number of nitrogens with one attached hydrogen (secondary N) is 1.